The molecule has 0 spiro atoms. The number of halogens is 1. The summed E-state index contributed by atoms with van der Waals surface area (Å²) in [6.07, 6.45) is 2.84. The van der Waals surface area contributed by atoms with Gasteiger partial charge in [-0.15, -0.1) is 0 Å². The summed E-state index contributed by atoms with van der Waals surface area (Å²) in [4.78, 5) is 15.1. The number of carbonyl (C=O) groups excluding carboxylic acids is 1. The summed E-state index contributed by atoms with van der Waals surface area (Å²) in [7, 11) is 0. The number of aryl methyl sites for hydroxylation is 2. The molecule has 1 aliphatic heterocycles. The summed E-state index contributed by atoms with van der Waals surface area (Å²) >= 11 is 0. The van der Waals surface area contributed by atoms with Gasteiger partial charge in [-0.25, -0.2) is 4.39 Å². The van der Waals surface area contributed by atoms with Gasteiger partial charge >= 0.3 is 0 Å². The Morgan fingerprint density at radius 2 is 1.84 bits per heavy atom. The quantitative estimate of drug-likeness (QED) is 0.779. The molecule has 1 amide bonds. The number of likely N-dealkylation sites (tertiary alicyclic amines) is 1. The van der Waals surface area contributed by atoms with E-state index in [0.29, 0.717) is 5.56 Å². The minimum atomic E-state index is -0.185. The molecule has 2 aliphatic rings. The molecule has 0 radical (unpaired) electrons. The first-order chi connectivity index (χ1) is 12.0. The molecule has 25 heavy (non-hydrogen) atoms. The fourth-order valence-electron chi connectivity index (χ4n) is 4.38. The van der Waals surface area contributed by atoms with E-state index in [0.717, 1.165) is 25.8 Å². The van der Waals surface area contributed by atoms with Crippen LogP contribution in [0.4, 0.5) is 4.39 Å². The Bertz CT molecular complexity index is 795. The Hall–Kier alpha value is -2.16. The lowest BCUT2D eigenvalue weighted by molar-refractivity contribution is -0.133. The van der Waals surface area contributed by atoms with Crippen LogP contribution in [0.1, 0.15) is 53.5 Å². The summed E-state index contributed by atoms with van der Waals surface area (Å²) in [5, 5.41) is 0. The van der Waals surface area contributed by atoms with Crippen molar-refractivity contribution in [1.29, 1.82) is 0 Å². The predicted molar refractivity (Wildman–Crippen MR) is 96.9 cm³/mol. The van der Waals surface area contributed by atoms with E-state index in [1.165, 1.54) is 22.8 Å². The number of hydrogen-bond donors (Lipinski definition) is 0. The third-order valence-electron chi connectivity index (χ3n) is 5.58. The van der Waals surface area contributed by atoms with Crippen LogP contribution in [0.25, 0.3) is 0 Å². The van der Waals surface area contributed by atoms with Gasteiger partial charge in [-0.05, 0) is 56.2 Å². The minimum absolute atomic E-state index is 0.0502. The van der Waals surface area contributed by atoms with Crippen molar-refractivity contribution < 1.29 is 9.18 Å². The largest absolute Gasteiger partial charge is 0.335 e. The van der Waals surface area contributed by atoms with Gasteiger partial charge in [0.1, 0.15) is 5.82 Å². The van der Waals surface area contributed by atoms with Crippen molar-refractivity contribution >= 4 is 5.91 Å². The normalized spacial score (nSPS) is 25.2. The first-order valence-electron chi connectivity index (χ1n) is 9.17. The van der Waals surface area contributed by atoms with Gasteiger partial charge in [0.05, 0.1) is 6.04 Å². The van der Waals surface area contributed by atoms with Gasteiger partial charge in [-0.1, -0.05) is 47.5 Å². The average molecular weight is 337 g/mol. The molecule has 3 heteroatoms. The van der Waals surface area contributed by atoms with E-state index in [1.54, 1.807) is 6.07 Å². The molecule has 0 N–H and O–H groups in total. The van der Waals surface area contributed by atoms with Crippen molar-refractivity contribution in [1.82, 2.24) is 4.90 Å². The van der Waals surface area contributed by atoms with E-state index in [2.05, 4.69) is 32.0 Å². The second kappa shape index (κ2) is 6.29. The highest BCUT2D eigenvalue weighted by molar-refractivity contribution is 5.83. The Balaban J connectivity index is 1.53. The SMILES string of the molecule is Cc1cc(C)cc(C2CCCN2C(=O)C2CC2c2ccccc2F)c1. The number of amides is 1. The lowest BCUT2D eigenvalue weighted by atomic mass is 9.99. The molecule has 1 saturated carbocycles. The zero-order valence-electron chi connectivity index (χ0n) is 14.8. The van der Waals surface area contributed by atoms with Gasteiger partial charge in [-0.2, -0.15) is 0 Å². The average Bonchev–Trinajstić information content (AvgIpc) is 3.20. The number of nitrogens with zero attached hydrogens (tertiary/aromatic N) is 1. The van der Waals surface area contributed by atoms with Crippen molar-refractivity contribution in [2.45, 2.75) is 45.1 Å². The fourth-order valence-corrected chi connectivity index (χ4v) is 4.38. The maximum atomic E-state index is 14.0. The summed E-state index contributed by atoms with van der Waals surface area (Å²) in [6.45, 7) is 5.02. The Labute approximate surface area is 148 Å². The smallest absolute Gasteiger partial charge is 0.226 e. The molecular weight excluding hydrogens is 313 g/mol. The third kappa shape index (κ3) is 3.08. The Morgan fingerprint density at radius 3 is 2.56 bits per heavy atom. The molecule has 1 heterocycles. The number of hydrogen-bond acceptors (Lipinski definition) is 1. The molecule has 2 aromatic carbocycles. The molecule has 130 valence electrons. The molecule has 2 fully saturated rings. The fraction of sp³-hybridized carbons (Fsp3) is 0.409. The molecule has 2 nitrogen and oxygen atoms in total. The molecule has 4 rings (SSSR count). The molecule has 1 saturated heterocycles. The molecular formula is C22H24FNO. The van der Waals surface area contributed by atoms with Crippen LogP contribution in [0.15, 0.2) is 42.5 Å². The van der Waals surface area contributed by atoms with E-state index in [9.17, 15) is 9.18 Å². The second-order valence-corrected chi connectivity index (χ2v) is 7.58. The Morgan fingerprint density at radius 1 is 1.12 bits per heavy atom. The van der Waals surface area contributed by atoms with E-state index < -0.39 is 0 Å². The van der Waals surface area contributed by atoms with Gasteiger partial charge in [0.2, 0.25) is 5.91 Å². The zero-order chi connectivity index (χ0) is 17.6. The highest BCUT2D eigenvalue weighted by atomic mass is 19.1. The topological polar surface area (TPSA) is 20.3 Å². The van der Waals surface area contributed by atoms with E-state index >= 15 is 0 Å². The zero-order valence-corrected chi connectivity index (χ0v) is 14.8. The standard InChI is InChI=1S/C22H24FNO/c1-14-10-15(2)12-16(11-14)21-8-5-9-24(21)22(25)19-13-18(19)17-6-3-4-7-20(17)23/h3-4,6-7,10-12,18-19,21H,5,8-9,13H2,1-2H3. The van der Waals surface area contributed by atoms with Crippen LogP contribution in [0.5, 0.6) is 0 Å². The number of carbonyl (C=O) groups is 1. The number of rotatable bonds is 3. The van der Waals surface area contributed by atoms with Crippen LogP contribution in [0.3, 0.4) is 0 Å². The van der Waals surface area contributed by atoms with Gasteiger partial charge in [0.25, 0.3) is 0 Å². The lowest BCUT2D eigenvalue weighted by Crippen LogP contribution is -2.32. The molecule has 3 atom stereocenters. The summed E-state index contributed by atoms with van der Waals surface area (Å²) in [5.41, 5.74) is 4.42. The van der Waals surface area contributed by atoms with Crippen molar-refractivity contribution in [2.24, 2.45) is 5.92 Å². The van der Waals surface area contributed by atoms with Crippen molar-refractivity contribution in [3.05, 3.63) is 70.5 Å². The first-order valence-corrected chi connectivity index (χ1v) is 9.17. The van der Waals surface area contributed by atoms with Crippen molar-refractivity contribution in [3.8, 4) is 0 Å². The van der Waals surface area contributed by atoms with E-state index in [1.807, 2.05) is 17.0 Å². The monoisotopic (exact) mass is 337 g/mol. The van der Waals surface area contributed by atoms with Crippen LogP contribution >= 0.6 is 0 Å². The molecule has 0 aromatic heterocycles. The van der Waals surface area contributed by atoms with Crippen LogP contribution < -0.4 is 0 Å². The van der Waals surface area contributed by atoms with Gasteiger partial charge in [0.15, 0.2) is 0 Å². The molecule has 0 bridgehead atoms. The highest BCUT2D eigenvalue weighted by Crippen LogP contribution is 2.50. The van der Waals surface area contributed by atoms with Gasteiger partial charge in [-0.3, -0.25) is 4.79 Å². The molecule has 2 aromatic rings. The van der Waals surface area contributed by atoms with Crippen LogP contribution in [0, 0.1) is 25.6 Å². The van der Waals surface area contributed by atoms with Crippen molar-refractivity contribution in [3.63, 3.8) is 0 Å². The second-order valence-electron chi connectivity index (χ2n) is 7.58. The minimum Gasteiger partial charge on any atom is -0.335 e. The molecule has 1 aliphatic carbocycles. The maximum Gasteiger partial charge on any atom is 0.226 e. The summed E-state index contributed by atoms with van der Waals surface area (Å²) in [5.74, 6) is 0.0163. The number of benzene rings is 2. The summed E-state index contributed by atoms with van der Waals surface area (Å²) < 4.78 is 14.0. The van der Waals surface area contributed by atoms with Crippen LogP contribution in [0.2, 0.25) is 0 Å². The maximum absolute atomic E-state index is 14.0. The summed E-state index contributed by atoms with van der Waals surface area (Å²) in [6, 6.07) is 13.6. The first kappa shape index (κ1) is 16.3. The third-order valence-corrected chi connectivity index (χ3v) is 5.58. The van der Waals surface area contributed by atoms with Crippen LogP contribution in [-0.4, -0.2) is 17.4 Å². The van der Waals surface area contributed by atoms with Gasteiger partial charge < -0.3 is 4.90 Å². The predicted octanol–water partition coefficient (Wildman–Crippen LogP) is 4.91. The Kier molecular flexibility index (Phi) is 4.10. The van der Waals surface area contributed by atoms with Gasteiger partial charge in [0, 0.05) is 12.5 Å². The van der Waals surface area contributed by atoms with Crippen LogP contribution in [-0.2, 0) is 4.79 Å². The highest BCUT2D eigenvalue weighted by Gasteiger charge is 2.48. The van der Waals surface area contributed by atoms with E-state index in [-0.39, 0.29) is 29.6 Å². The molecule has 3 unspecified atom stereocenters. The lowest BCUT2D eigenvalue weighted by Gasteiger charge is -2.26. The van der Waals surface area contributed by atoms with E-state index in [4.69, 9.17) is 0 Å². The van der Waals surface area contributed by atoms with Crippen molar-refractivity contribution in [2.75, 3.05) is 6.54 Å².